The largest absolute Gasteiger partial charge is 0.370 e. The summed E-state index contributed by atoms with van der Waals surface area (Å²) in [4.78, 5) is 29.4. The summed E-state index contributed by atoms with van der Waals surface area (Å²) in [5, 5.41) is 0.768. The highest BCUT2D eigenvalue weighted by molar-refractivity contribution is 7.99. The van der Waals surface area contributed by atoms with E-state index in [0.29, 0.717) is 5.69 Å². The molecule has 2 amide bonds. The molecule has 2 N–H and O–H groups in total. The molecule has 0 atom stereocenters. The number of hydrogen-bond donors (Lipinski definition) is 1. The molecule has 2 aromatic rings. The standard InChI is InChI=1S/C17H21FN4O2S/c1-2-9-21-11-8-20-17(21)25-12-16(24)22(10-7-15(19)23)14-5-3-13(18)4-6-14/h3-6,8,11H,2,7,9-10,12H2,1H3,(H2,19,23). The minimum Gasteiger partial charge on any atom is -0.370 e. The summed E-state index contributed by atoms with van der Waals surface area (Å²) < 4.78 is 15.1. The Labute approximate surface area is 150 Å². The van der Waals surface area contributed by atoms with Crippen molar-refractivity contribution in [2.75, 3.05) is 17.2 Å². The molecule has 0 radical (unpaired) electrons. The zero-order valence-corrected chi connectivity index (χ0v) is 14.8. The van der Waals surface area contributed by atoms with Crippen LogP contribution < -0.4 is 10.6 Å². The fourth-order valence-corrected chi connectivity index (χ4v) is 3.15. The number of halogens is 1. The Hall–Kier alpha value is -2.35. The lowest BCUT2D eigenvalue weighted by Crippen LogP contribution is -2.35. The maximum Gasteiger partial charge on any atom is 0.237 e. The Kier molecular flexibility index (Phi) is 7.00. The SMILES string of the molecule is CCCn1ccnc1SCC(=O)N(CCC(N)=O)c1ccc(F)cc1. The maximum atomic E-state index is 13.1. The lowest BCUT2D eigenvalue weighted by Gasteiger charge is -2.22. The van der Waals surface area contributed by atoms with E-state index in [1.807, 2.05) is 10.8 Å². The summed E-state index contributed by atoms with van der Waals surface area (Å²) in [7, 11) is 0. The number of aryl methyl sites for hydroxylation is 1. The van der Waals surface area contributed by atoms with Gasteiger partial charge in [0, 0.05) is 37.6 Å². The Morgan fingerprint density at radius 3 is 2.68 bits per heavy atom. The van der Waals surface area contributed by atoms with Gasteiger partial charge in [-0.15, -0.1) is 0 Å². The van der Waals surface area contributed by atoms with Crippen LogP contribution in [0.15, 0.2) is 41.8 Å². The third-order valence-corrected chi connectivity index (χ3v) is 4.48. The lowest BCUT2D eigenvalue weighted by atomic mass is 10.2. The van der Waals surface area contributed by atoms with Crippen molar-refractivity contribution in [2.24, 2.45) is 5.73 Å². The number of primary amides is 1. The zero-order valence-electron chi connectivity index (χ0n) is 14.0. The van der Waals surface area contributed by atoms with Gasteiger partial charge in [0.2, 0.25) is 11.8 Å². The molecule has 0 unspecified atom stereocenters. The van der Waals surface area contributed by atoms with Gasteiger partial charge in [-0.1, -0.05) is 18.7 Å². The number of anilines is 1. The minimum atomic E-state index is -0.494. The summed E-state index contributed by atoms with van der Waals surface area (Å²) in [6.07, 6.45) is 4.59. The Morgan fingerprint density at radius 1 is 1.32 bits per heavy atom. The van der Waals surface area contributed by atoms with Crippen LogP contribution in [0.2, 0.25) is 0 Å². The van der Waals surface area contributed by atoms with E-state index in [9.17, 15) is 14.0 Å². The molecule has 0 aliphatic heterocycles. The van der Waals surface area contributed by atoms with Crippen LogP contribution >= 0.6 is 11.8 Å². The van der Waals surface area contributed by atoms with Crippen LogP contribution in [0, 0.1) is 5.82 Å². The Balaban J connectivity index is 2.07. The van der Waals surface area contributed by atoms with E-state index in [4.69, 9.17) is 5.73 Å². The van der Waals surface area contributed by atoms with E-state index >= 15 is 0 Å². The molecule has 0 bridgehead atoms. The van der Waals surface area contributed by atoms with Crippen LogP contribution in [0.1, 0.15) is 19.8 Å². The smallest absolute Gasteiger partial charge is 0.237 e. The predicted octanol–water partition coefficient (Wildman–Crippen LogP) is 2.43. The number of amides is 2. The molecule has 0 saturated heterocycles. The second-order valence-electron chi connectivity index (χ2n) is 5.43. The highest BCUT2D eigenvalue weighted by atomic mass is 32.2. The third-order valence-electron chi connectivity index (χ3n) is 3.49. The first-order chi connectivity index (χ1) is 12.0. The van der Waals surface area contributed by atoms with E-state index in [-0.39, 0.29) is 30.4 Å². The Morgan fingerprint density at radius 2 is 2.04 bits per heavy atom. The van der Waals surface area contributed by atoms with E-state index in [0.717, 1.165) is 18.1 Å². The van der Waals surface area contributed by atoms with E-state index < -0.39 is 5.91 Å². The summed E-state index contributed by atoms with van der Waals surface area (Å²) in [5.74, 6) is -0.909. The van der Waals surface area contributed by atoms with Gasteiger partial charge in [0.05, 0.1) is 5.75 Å². The van der Waals surface area contributed by atoms with Crippen LogP contribution in [0.5, 0.6) is 0 Å². The lowest BCUT2D eigenvalue weighted by molar-refractivity contribution is -0.118. The van der Waals surface area contributed by atoms with Crippen LogP contribution in [0.25, 0.3) is 0 Å². The van der Waals surface area contributed by atoms with Crippen LogP contribution in [0.4, 0.5) is 10.1 Å². The molecular formula is C17H21FN4O2S. The molecule has 1 aromatic carbocycles. The summed E-state index contributed by atoms with van der Waals surface area (Å²) in [6, 6.07) is 5.58. The first-order valence-corrected chi connectivity index (χ1v) is 8.98. The average molecular weight is 364 g/mol. The van der Waals surface area contributed by atoms with Gasteiger partial charge >= 0.3 is 0 Å². The first-order valence-electron chi connectivity index (χ1n) is 7.99. The molecule has 0 aliphatic carbocycles. The minimum absolute atomic E-state index is 0.0399. The summed E-state index contributed by atoms with van der Waals surface area (Å²) >= 11 is 1.33. The highest BCUT2D eigenvalue weighted by Gasteiger charge is 2.18. The Bertz CT molecular complexity index is 718. The normalized spacial score (nSPS) is 10.6. The molecule has 1 heterocycles. The molecule has 1 aromatic heterocycles. The van der Waals surface area contributed by atoms with Gasteiger partial charge in [-0.05, 0) is 30.7 Å². The van der Waals surface area contributed by atoms with Crippen molar-refractivity contribution in [3.63, 3.8) is 0 Å². The number of carbonyl (C=O) groups is 2. The maximum absolute atomic E-state index is 13.1. The van der Waals surface area contributed by atoms with Crippen LogP contribution in [-0.2, 0) is 16.1 Å². The van der Waals surface area contributed by atoms with Gasteiger partial charge in [0.1, 0.15) is 5.82 Å². The van der Waals surface area contributed by atoms with Crippen LogP contribution in [0.3, 0.4) is 0 Å². The number of imidazole rings is 1. The number of carbonyl (C=O) groups excluding carboxylic acids is 2. The van der Waals surface area contributed by atoms with E-state index in [1.54, 1.807) is 6.20 Å². The first kappa shape index (κ1) is 19.0. The van der Waals surface area contributed by atoms with Gasteiger partial charge in [-0.25, -0.2) is 9.37 Å². The number of nitrogens with two attached hydrogens (primary N) is 1. The fourth-order valence-electron chi connectivity index (χ4n) is 2.29. The molecule has 8 heteroatoms. The molecule has 0 fully saturated rings. The van der Waals surface area contributed by atoms with Crippen LogP contribution in [-0.4, -0.2) is 33.7 Å². The topological polar surface area (TPSA) is 81.2 Å². The monoisotopic (exact) mass is 364 g/mol. The summed E-state index contributed by atoms with van der Waals surface area (Å²) in [6.45, 7) is 3.06. The van der Waals surface area contributed by atoms with E-state index in [1.165, 1.54) is 40.9 Å². The second-order valence-corrected chi connectivity index (χ2v) is 6.37. The van der Waals surface area contributed by atoms with Gasteiger partial charge in [0.15, 0.2) is 5.16 Å². The second kappa shape index (κ2) is 9.22. The summed E-state index contributed by atoms with van der Waals surface area (Å²) in [5.41, 5.74) is 5.72. The van der Waals surface area contributed by atoms with Gasteiger partial charge in [-0.2, -0.15) is 0 Å². The van der Waals surface area contributed by atoms with Gasteiger partial charge in [-0.3, -0.25) is 9.59 Å². The number of benzene rings is 1. The third kappa shape index (κ3) is 5.60. The van der Waals surface area contributed by atoms with E-state index in [2.05, 4.69) is 11.9 Å². The van der Waals surface area contributed by atoms with Gasteiger partial charge < -0.3 is 15.2 Å². The number of aromatic nitrogens is 2. The zero-order chi connectivity index (χ0) is 18.2. The van der Waals surface area contributed by atoms with Crippen molar-refractivity contribution in [2.45, 2.75) is 31.5 Å². The number of thioether (sulfide) groups is 1. The quantitative estimate of drug-likeness (QED) is 0.693. The molecule has 2 rings (SSSR count). The van der Waals surface area contributed by atoms with Crippen molar-refractivity contribution in [1.29, 1.82) is 0 Å². The van der Waals surface area contributed by atoms with Crippen molar-refractivity contribution < 1.29 is 14.0 Å². The highest BCUT2D eigenvalue weighted by Crippen LogP contribution is 2.20. The van der Waals surface area contributed by atoms with Gasteiger partial charge in [0.25, 0.3) is 0 Å². The van der Waals surface area contributed by atoms with Crippen molar-refractivity contribution in [3.05, 3.63) is 42.5 Å². The van der Waals surface area contributed by atoms with Crippen molar-refractivity contribution in [1.82, 2.24) is 9.55 Å². The average Bonchev–Trinajstić information content (AvgIpc) is 3.02. The molecule has 0 spiro atoms. The number of nitrogens with zero attached hydrogens (tertiary/aromatic N) is 3. The molecule has 25 heavy (non-hydrogen) atoms. The molecule has 0 aliphatic rings. The molecule has 134 valence electrons. The molecule has 6 nitrogen and oxygen atoms in total. The molecule has 0 saturated carbocycles. The number of hydrogen-bond acceptors (Lipinski definition) is 4. The molecular weight excluding hydrogens is 343 g/mol. The fraction of sp³-hybridized carbons (Fsp3) is 0.353. The predicted molar refractivity (Wildman–Crippen MR) is 95.8 cm³/mol. The van der Waals surface area contributed by atoms with Crippen molar-refractivity contribution >= 4 is 29.3 Å². The number of rotatable bonds is 9. The van der Waals surface area contributed by atoms with Crippen molar-refractivity contribution in [3.8, 4) is 0 Å².